The number of aliphatic carboxylic acids is 1. The second-order valence-electron chi connectivity index (χ2n) is 4.68. The van der Waals surface area contributed by atoms with E-state index in [2.05, 4.69) is 4.98 Å². The topological polar surface area (TPSA) is 59.4 Å². The zero-order valence-electron chi connectivity index (χ0n) is 11.1. The molecule has 0 aliphatic carbocycles. The number of ether oxygens (including phenoxy) is 1. The van der Waals surface area contributed by atoms with Gasteiger partial charge in [0, 0.05) is 17.2 Å². The van der Waals surface area contributed by atoms with Gasteiger partial charge >= 0.3 is 5.97 Å². The fraction of sp³-hybridized carbons (Fsp3) is 0.692. The average molecular weight is 301 g/mol. The van der Waals surface area contributed by atoms with E-state index >= 15 is 0 Å². The molecule has 1 unspecified atom stereocenters. The fourth-order valence-corrected chi connectivity index (χ4v) is 4.36. The van der Waals surface area contributed by atoms with Gasteiger partial charge in [-0.15, -0.1) is 11.3 Å². The van der Waals surface area contributed by atoms with Crippen LogP contribution < -0.4 is 0 Å². The largest absolute Gasteiger partial charge is 0.481 e. The molecule has 2 rings (SSSR count). The fourth-order valence-electron chi connectivity index (χ4n) is 2.11. The number of thiazole rings is 1. The van der Waals surface area contributed by atoms with Crippen LogP contribution in [0.3, 0.4) is 0 Å². The SMILES string of the molecule is Cc1nc(SCCCC2CCCO2)sc1CC(=O)O. The predicted molar refractivity (Wildman–Crippen MR) is 77.1 cm³/mol. The maximum atomic E-state index is 10.7. The van der Waals surface area contributed by atoms with E-state index in [0.29, 0.717) is 6.10 Å². The summed E-state index contributed by atoms with van der Waals surface area (Å²) in [6.07, 6.45) is 5.19. The number of carboxylic acid groups (broad SMARTS) is 1. The van der Waals surface area contributed by atoms with Crippen molar-refractivity contribution in [2.24, 2.45) is 0 Å². The lowest BCUT2D eigenvalue weighted by Gasteiger charge is -2.07. The monoisotopic (exact) mass is 301 g/mol. The van der Waals surface area contributed by atoms with Crippen LogP contribution in [0.1, 0.15) is 36.3 Å². The molecule has 1 aromatic heterocycles. The van der Waals surface area contributed by atoms with Crippen molar-refractivity contribution in [3.05, 3.63) is 10.6 Å². The van der Waals surface area contributed by atoms with Crippen LogP contribution in [0.15, 0.2) is 4.34 Å². The first-order valence-corrected chi connectivity index (χ1v) is 8.38. The summed E-state index contributed by atoms with van der Waals surface area (Å²) in [6.45, 7) is 2.80. The number of aryl methyl sites for hydroxylation is 1. The molecule has 19 heavy (non-hydrogen) atoms. The third kappa shape index (κ3) is 4.78. The van der Waals surface area contributed by atoms with Crippen molar-refractivity contribution in [3.63, 3.8) is 0 Å². The number of hydrogen-bond donors (Lipinski definition) is 1. The molecule has 0 amide bonds. The lowest BCUT2D eigenvalue weighted by atomic mass is 10.1. The van der Waals surface area contributed by atoms with Crippen LogP contribution in [0.2, 0.25) is 0 Å². The molecule has 0 radical (unpaired) electrons. The Morgan fingerprint density at radius 3 is 3.16 bits per heavy atom. The molecule has 4 nitrogen and oxygen atoms in total. The molecule has 2 heterocycles. The summed E-state index contributed by atoms with van der Waals surface area (Å²) < 4.78 is 6.57. The third-order valence-corrected chi connectivity index (χ3v) is 5.49. The van der Waals surface area contributed by atoms with Gasteiger partial charge in [0.25, 0.3) is 0 Å². The Labute approximate surface area is 121 Å². The zero-order valence-corrected chi connectivity index (χ0v) is 12.7. The number of carboxylic acids is 1. The molecule has 6 heteroatoms. The maximum absolute atomic E-state index is 10.7. The van der Waals surface area contributed by atoms with Gasteiger partial charge in [-0.3, -0.25) is 4.79 Å². The van der Waals surface area contributed by atoms with Crippen molar-refractivity contribution >= 4 is 29.1 Å². The van der Waals surface area contributed by atoms with E-state index in [1.165, 1.54) is 24.2 Å². The van der Waals surface area contributed by atoms with E-state index in [4.69, 9.17) is 9.84 Å². The highest BCUT2D eigenvalue weighted by molar-refractivity contribution is 8.01. The minimum absolute atomic E-state index is 0.0833. The van der Waals surface area contributed by atoms with Crippen molar-refractivity contribution < 1.29 is 14.6 Å². The van der Waals surface area contributed by atoms with Crippen LogP contribution in [0.4, 0.5) is 0 Å². The van der Waals surface area contributed by atoms with Crippen LogP contribution in [0.5, 0.6) is 0 Å². The Morgan fingerprint density at radius 1 is 1.63 bits per heavy atom. The Kier molecular flexibility index (Phi) is 5.66. The summed E-state index contributed by atoms with van der Waals surface area (Å²) in [5.74, 6) is 0.237. The molecule has 1 atom stereocenters. The standard InChI is InChI=1S/C13H19NO3S2/c1-9-11(8-12(15)16)19-13(14-9)18-7-3-5-10-4-2-6-17-10/h10H,2-8H2,1H3,(H,15,16). The van der Waals surface area contributed by atoms with E-state index in [9.17, 15) is 4.79 Å². The molecule has 0 spiro atoms. The first kappa shape index (κ1) is 14.8. The van der Waals surface area contributed by atoms with Crippen LogP contribution in [-0.2, 0) is 16.0 Å². The van der Waals surface area contributed by atoms with E-state index in [1.807, 2.05) is 6.92 Å². The number of aromatic nitrogens is 1. The number of rotatable bonds is 7. The Hall–Kier alpha value is -0.590. The zero-order chi connectivity index (χ0) is 13.7. The lowest BCUT2D eigenvalue weighted by molar-refractivity contribution is -0.136. The molecule has 0 aromatic carbocycles. The molecule has 1 aromatic rings. The van der Waals surface area contributed by atoms with Crippen molar-refractivity contribution in [2.45, 2.75) is 49.5 Å². The summed E-state index contributed by atoms with van der Waals surface area (Å²) in [7, 11) is 0. The van der Waals surface area contributed by atoms with Crippen LogP contribution in [0, 0.1) is 6.92 Å². The minimum Gasteiger partial charge on any atom is -0.481 e. The predicted octanol–water partition coefficient (Wildman–Crippen LogP) is 3.13. The van der Waals surface area contributed by atoms with E-state index in [0.717, 1.165) is 40.1 Å². The van der Waals surface area contributed by atoms with E-state index in [1.54, 1.807) is 11.8 Å². The molecule has 1 fully saturated rings. The lowest BCUT2D eigenvalue weighted by Crippen LogP contribution is -2.04. The summed E-state index contributed by atoms with van der Waals surface area (Å²) in [5.41, 5.74) is 0.856. The van der Waals surface area contributed by atoms with Gasteiger partial charge in [0.2, 0.25) is 0 Å². The summed E-state index contributed by atoms with van der Waals surface area (Å²) in [6, 6.07) is 0. The van der Waals surface area contributed by atoms with Crippen LogP contribution in [-0.4, -0.2) is 34.5 Å². The molecular weight excluding hydrogens is 282 g/mol. The molecule has 106 valence electrons. The molecule has 1 saturated heterocycles. The van der Waals surface area contributed by atoms with Crippen molar-refractivity contribution in [2.75, 3.05) is 12.4 Å². The van der Waals surface area contributed by atoms with Crippen molar-refractivity contribution in [1.82, 2.24) is 4.98 Å². The average Bonchev–Trinajstić information content (AvgIpc) is 2.95. The molecule has 1 N–H and O–H groups in total. The summed E-state index contributed by atoms with van der Waals surface area (Å²) >= 11 is 3.24. The number of nitrogens with zero attached hydrogens (tertiary/aromatic N) is 1. The van der Waals surface area contributed by atoms with Crippen LogP contribution in [0.25, 0.3) is 0 Å². The van der Waals surface area contributed by atoms with Gasteiger partial charge < -0.3 is 9.84 Å². The van der Waals surface area contributed by atoms with Gasteiger partial charge in [-0.05, 0) is 32.6 Å². The first-order chi connectivity index (χ1) is 9.15. The molecule has 1 aliphatic rings. The van der Waals surface area contributed by atoms with Gasteiger partial charge in [-0.2, -0.15) is 0 Å². The summed E-state index contributed by atoms with van der Waals surface area (Å²) in [5, 5.41) is 8.79. The Balaban J connectivity index is 1.71. The Morgan fingerprint density at radius 2 is 2.47 bits per heavy atom. The number of hydrogen-bond acceptors (Lipinski definition) is 5. The first-order valence-electron chi connectivity index (χ1n) is 6.57. The van der Waals surface area contributed by atoms with E-state index in [-0.39, 0.29) is 6.42 Å². The van der Waals surface area contributed by atoms with Crippen molar-refractivity contribution in [3.8, 4) is 0 Å². The highest BCUT2D eigenvalue weighted by Gasteiger charge is 2.15. The molecule has 1 aliphatic heterocycles. The van der Waals surface area contributed by atoms with Gasteiger partial charge in [-0.25, -0.2) is 4.98 Å². The van der Waals surface area contributed by atoms with E-state index < -0.39 is 5.97 Å². The maximum Gasteiger partial charge on any atom is 0.308 e. The van der Waals surface area contributed by atoms with Crippen molar-refractivity contribution in [1.29, 1.82) is 0 Å². The van der Waals surface area contributed by atoms with Gasteiger partial charge in [0.15, 0.2) is 0 Å². The van der Waals surface area contributed by atoms with Gasteiger partial charge in [0.1, 0.15) is 4.34 Å². The highest BCUT2D eigenvalue weighted by atomic mass is 32.2. The molecule has 0 bridgehead atoms. The second-order valence-corrected chi connectivity index (χ2v) is 7.11. The molecule has 0 saturated carbocycles. The minimum atomic E-state index is -0.790. The number of carbonyl (C=O) groups is 1. The highest BCUT2D eigenvalue weighted by Crippen LogP contribution is 2.29. The van der Waals surface area contributed by atoms with Gasteiger partial charge in [-0.1, -0.05) is 11.8 Å². The quantitative estimate of drug-likeness (QED) is 0.619. The normalized spacial score (nSPS) is 18.9. The third-order valence-electron chi connectivity index (χ3n) is 3.10. The second kappa shape index (κ2) is 7.26. The Bertz CT molecular complexity index is 428. The number of thioether (sulfide) groups is 1. The molecular formula is C13H19NO3S2. The summed E-state index contributed by atoms with van der Waals surface area (Å²) in [4.78, 5) is 16.0. The van der Waals surface area contributed by atoms with Crippen LogP contribution >= 0.6 is 23.1 Å². The smallest absolute Gasteiger partial charge is 0.308 e. The van der Waals surface area contributed by atoms with Gasteiger partial charge in [0.05, 0.1) is 18.2 Å².